The molecule has 1 aromatic carbocycles. The van der Waals surface area contributed by atoms with E-state index < -0.39 is 11.6 Å². The minimum atomic E-state index is -0.558. The zero-order valence-electron chi connectivity index (χ0n) is 16.1. The molecule has 0 bridgehead atoms. The van der Waals surface area contributed by atoms with Gasteiger partial charge >= 0.3 is 12.1 Å². The predicted octanol–water partition coefficient (Wildman–Crippen LogP) is 2.45. The maximum absolute atomic E-state index is 12.3. The molecule has 2 aliphatic heterocycles. The number of oxime groups is 1. The molecule has 8 heteroatoms. The van der Waals surface area contributed by atoms with Gasteiger partial charge < -0.3 is 23.9 Å². The highest BCUT2D eigenvalue weighted by atomic mass is 16.6. The van der Waals surface area contributed by atoms with E-state index in [1.54, 1.807) is 17.0 Å². The Morgan fingerprint density at radius 1 is 1.22 bits per heavy atom. The van der Waals surface area contributed by atoms with Gasteiger partial charge in [0.15, 0.2) is 6.10 Å². The summed E-state index contributed by atoms with van der Waals surface area (Å²) < 4.78 is 15.5. The highest BCUT2D eigenvalue weighted by Gasteiger charge is 2.45. The van der Waals surface area contributed by atoms with Crippen LogP contribution in [0.5, 0.6) is 5.75 Å². The Hall–Kier alpha value is -2.77. The van der Waals surface area contributed by atoms with Crippen LogP contribution < -0.4 is 4.74 Å². The van der Waals surface area contributed by atoms with E-state index >= 15 is 0 Å². The van der Waals surface area contributed by atoms with Crippen molar-refractivity contribution in [3.8, 4) is 5.75 Å². The van der Waals surface area contributed by atoms with Crippen molar-refractivity contribution in [2.24, 2.45) is 11.1 Å². The number of benzene rings is 1. The van der Waals surface area contributed by atoms with E-state index in [4.69, 9.17) is 19.0 Å². The minimum absolute atomic E-state index is 0.0867. The molecule has 1 saturated heterocycles. The number of hydrogen-bond donors (Lipinski definition) is 0. The zero-order chi connectivity index (χ0) is 19.8. The molecule has 0 aromatic heterocycles. The van der Waals surface area contributed by atoms with Gasteiger partial charge in [-0.15, -0.1) is 0 Å². The summed E-state index contributed by atoms with van der Waals surface area (Å²) in [4.78, 5) is 31.5. The summed E-state index contributed by atoms with van der Waals surface area (Å²) in [6.07, 6.45) is -0.596. The number of likely N-dealkylation sites (tertiary alicyclic amines) is 1. The van der Waals surface area contributed by atoms with Crippen LogP contribution in [-0.2, 0) is 14.3 Å². The molecule has 2 unspecified atom stereocenters. The lowest BCUT2D eigenvalue weighted by molar-refractivity contribution is 0.0228. The number of ether oxygens (including phenoxy) is 3. The van der Waals surface area contributed by atoms with Crippen molar-refractivity contribution in [2.75, 3.05) is 27.3 Å². The van der Waals surface area contributed by atoms with E-state index in [1.165, 1.54) is 14.2 Å². The van der Waals surface area contributed by atoms with Gasteiger partial charge in [0.1, 0.15) is 16.9 Å². The second-order valence-corrected chi connectivity index (χ2v) is 7.52. The summed E-state index contributed by atoms with van der Waals surface area (Å²) in [5, 5.41) is 4.19. The standard InChI is InChI=1S/C19H24N2O6/c1-19(2,3)26-18(23)21-9-13-15(10-21)27-20-16(13)11-6-7-14(24-4)12(8-11)17(22)25-5/h6-8,13,15H,9-10H2,1-5H3. The normalized spacial score (nSPS) is 21.2. The van der Waals surface area contributed by atoms with Gasteiger partial charge in [-0.2, -0.15) is 0 Å². The molecule has 2 atom stereocenters. The molecule has 8 nitrogen and oxygen atoms in total. The number of nitrogens with zero attached hydrogens (tertiary/aromatic N) is 2. The van der Waals surface area contributed by atoms with Gasteiger partial charge in [0.25, 0.3) is 0 Å². The number of fused-ring (bicyclic) bond motifs is 1. The van der Waals surface area contributed by atoms with Crippen molar-refractivity contribution in [1.29, 1.82) is 0 Å². The Labute approximate surface area is 158 Å². The van der Waals surface area contributed by atoms with Crippen molar-refractivity contribution >= 4 is 17.8 Å². The van der Waals surface area contributed by atoms with Crippen LogP contribution >= 0.6 is 0 Å². The van der Waals surface area contributed by atoms with Crippen molar-refractivity contribution < 1.29 is 28.6 Å². The number of esters is 1. The van der Waals surface area contributed by atoms with E-state index in [1.807, 2.05) is 26.8 Å². The molecule has 1 aromatic rings. The number of methoxy groups -OCH3 is 2. The first-order valence-electron chi connectivity index (χ1n) is 8.72. The molecule has 1 fully saturated rings. The molecule has 0 saturated carbocycles. The second kappa shape index (κ2) is 7.09. The summed E-state index contributed by atoms with van der Waals surface area (Å²) in [6.45, 7) is 6.34. The lowest BCUT2D eigenvalue weighted by Gasteiger charge is -2.24. The van der Waals surface area contributed by atoms with Crippen molar-refractivity contribution in [3.63, 3.8) is 0 Å². The summed E-state index contributed by atoms with van der Waals surface area (Å²) in [6, 6.07) is 5.18. The van der Waals surface area contributed by atoms with Crippen LogP contribution in [0.2, 0.25) is 0 Å². The SMILES string of the molecule is COC(=O)c1cc(C2=NOC3CN(C(=O)OC(C)(C)C)CC23)ccc1OC. The first-order chi connectivity index (χ1) is 12.7. The van der Waals surface area contributed by atoms with Crippen LogP contribution in [0.3, 0.4) is 0 Å². The third-order valence-corrected chi connectivity index (χ3v) is 4.46. The van der Waals surface area contributed by atoms with Gasteiger partial charge in [-0.25, -0.2) is 9.59 Å². The molecule has 146 valence electrons. The number of carbonyl (C=O) groups excluding carboxylic acids is 2. The van der Waals surface area contributed by atoms with Gasteiger partial charge in [0.2, 0.25) is 0 Å². The van der Waals surface area contributed by atoms with Crippen molar-refractivity contribution in [1.82, 2.24) is 4.90 Å². The molecular formula is C19H24N2O6. The fourth-order valence-corrected chi connectivity index (χ4v) is 3.21. The number of amides is 1. The quantitative estimate of drug-likeness (QED) is 0.753. The summed E-state index contributed by atoms with van der Waals surface area (Å²) >= 11 is 0. The van der Waals surface area contributed by atoms with E-state index in [9.17, 15) is 9.59 Å². The lowest BCUT2D eigenvalue weighted by Crippen LogP contribution is -2.36. The molecular weight excluding hydrogens is 352 g/mol. The van der Waals surface area contributed by atoms with Gasteiger partial charge in [0, 0.05) is 12.1 Å². The molecule has 3 rings (SSSR count). The maximum atomic E-state index is 12.3. The van der Waals surface area contributed by atoms with Gasteiger partial charge in [-0.05, 0) is 39.0 Å². The molecule has 0 radical (unpaired) electrons. The summed E-state index contributed by atoms with van der Waals surface area (Å²) in [5.41, 5.74) is 1.18. The van der Waals surface area contributed by atoms with Crippen LogP contribution in [0, 0.1) is 5.92 Å². The molecule has 2 aliphatic rings. The highest BCUT2D eigenvalue weighted by Crippen LogP contribution is 2.32. The minimum Gasteiger partial charge on any atom is -0.496 e. The Morgan fingerprint density at radius 2 is 1.96 bits per heavy atom. The third kappa shape index (κ3) is 3.84. The lowest BCUT2D eigenvalue weighted by atomic mass is 9.93. The monoisotopic (exact) mass is 376 g/mol. The van der Waals surface area contributed by atoms with E-state index in [2.05, 4.69) is 5.16 Å². The van der Waals surface area contributed by atoms with Crippen LogP contribution in [0.25, 0.3) is 0 Å². The Morgan fingerprint density at radius 3 is 2.59 bits per heavy atom. The average molecular weight is 376 g/mol. The Balaban J connectivity index is 1.80. The maximum Gasteiger partial charge on any atom is 0.410 e. The Bertz CT molecular complexity index is 783. The van der Waals surface area contributed by atoms with Gasteiger partial charge in [0.05, 0.1) is 32.4 Å². The third-order valence-electron chi connectivity index (χ3n) is 4.46. The molecule has 1 amide bonds. The average Bonchev–Trinajstić information content (AvgIpc) is 3.19. The van der Waals surface area contributed by atoms with Gasteiger partial charge in [-0.1, -0.05) is 5.16 Å². The topological polar surface area (TPSA) is 86.7 Å². The molecule has 0 N–H and O–H groups in total. The predicted molar refractivity (Wildman–Crippen MR) is 97.0 cm³/mol. The van der Waals surface area contributed by atoms with Crippen LogP contribution in [0.1, 0.15) is 36.7 Å². The Kier molecular flexibility index (Phi) is 4.99. The molecule has 0 spiro atoms. The van der Waals surface area contributed by atoms with Crippen LogP contribution in [0.15, 0.2) is 23.4 Å². The number of rotatable bonds is 3. The second-order valence-electron chi connectivity index (χ2n) is 7.52. The summed E-state index contributed by atoms with van der Waals surface area (Å²) in [5.74, 6) is -0.161. The van der Waals surface area contributed by atoms with Crippen LogP contribution in [0.4, 0.5) is 4.79 Å². The fourth-order valence-electron chi connectivity index (χ4n) is 3.21. The molecule has 0 aliphatic carbocycles. The first kappa shape index (κ1) is 19.0. The van der Waals surface area contributed by atoms with E-state index in [0.29, 0.717) is 30.1 Å². The van der Waals surface area contributed by atoms with Crippen molar-refractivity contribution in [2.45, 2.75) is 32.5 Å². The number of carbonyl (C=O) groups is 2. The van der Waals surface area contributed by atoms with Crippen LogP contribution in [-0.4, -0.2) is 61.7 Å². The molecule has 27 heavy (non-hydrogen) atoms. The first-order valence-corrected chi connectivity index (χ1v) is 8.72. The molecule has 2 heterocycles. The number of hydrogen-bond acceptors (Lipinski definition) is 7. The summed E-state index contributed by atoms with van der Waals surface area (Å²) in [7, 11) is 2.81. The van der Waals surface area contributed by atoms with E-state index in [-0.39, 0.29) is 18.1 Å². The highest BCUT2D eigenvalue weighted by molar-refractivity contribution is 6.06. The largest absolute Gasteiger partial charge is 0.496 e. The zero-order valence-corrected chi connectivity index (χ0v) is 16.1. The fraction of sp³-hybridized carbons (Fsp3) is 0.526. The van der Waals surface area contributed by atoms with Gasteiger partial charge in [-0.3, -0.25) is 0 Å². The van der Waals surface area contributed by atoms with E-state index in [0.717, 1.165) is 5.56 Å². The smallest absolute Gasteiger partial charge is 0.410 e. The van der Waals surface area contributed by atoms with Crippen molar-refractivity contribution in [3.05, 3.63) is 29.3 Å².